The number of nitrogens with two attached hydrogens (primary N) is 1. The number of methoxy groups -OCH3 is 1. The van der Waals surface area contributed by atoms with Crippen LogP contribution in [0.3, 0.4) is 0 Å². The fourth-order valence-electron chi connectivity index (χ4n) is 4.28. The van der Waals surface area contributed by atoms with E-state index in [-0.39, 0.29) is 5.97 Å². The van der Waals surface area contributed by atoms with Crippen molar-refractivity contribution in [3.05, 3.63) is 65.0 Å². The third-order valence-corrected chi connectivity index (χ3v) is 5.90. The predicted molar refractivity (Wildman–Crippen MR) is 131 cm³/mol. The molecule has 4 rings (SSSR count). The van der Waals surface area contributed by atoms with Crippen LogP contribution in [0, 0.1) is 0 Å². The van der Waals surface area contributed by atoms with E-state index in [0.29, 0.717) is 16.9 Å². The molecule has 0 aliphatic carbocycles. The van der Waals surface area contributed by atoms with Gasteiger partial charge in [0.05, 0.1) is 23.6 Å². The van der Waals surface area contributed by atoms with Crippen molar-refractivity contribution in [2.75, 3.05) is 26.9 Å². The van der Waals surface area contributed by atoms with Crippen molar-refractivity contribution >= 4 is 33.7 Å². The minimum atomic E-state index is -0.388. The van der Waals surface area contributed by atoms with E-state index in [4.69, 9.17) is 10.5 Å². The maximum Gasteiger partial charge on any atom is 0.337 e. The van der Waals surface area contributed by atoms with Gasteiger partial charge in [0, 0.05) is 13.0 Å². The van der Waals surface area contributed by atoms with Gasteiger partial charge in [-0.3, -0.25) is 0 Å². The Morgan fingerprint density at radius 1 is 1.15 bits per heavy atom. The van der Waals surface area contributed by atoms with Crippen molar-refractivity contribution in [3.63, 3.8) is 0 Å². The molecule has 0 unspecified atom stereocenters. The summed E-state index contributed by atoms with van der Waals surface area (Å²) in [6, 6.07) is 14.2. The molecule has 2 aromatic carbocycles. The van der Waals surface area contributed by atoms with Crippen LogP contribution in [0.15, 0.2) is 42.5 Å². The van der Waals surface area contributed by atoms with Crippen molar-refractivity contribution in [1.82, 2.24) is 14.9 Å². The maximum absolute atomic E-state index is 12.0. The highest BCUT2D eigenvalue weighted by atomic mass is 16.5. The minimum absolute atomic E-state index is 0.388. The number of anilines is 1. The highest BCUT2D eigenvalue weighted by Crippen LogP contribution is 2.27. The van der Waals surface area contributed by atoms with Crippen LogP contribution >= 0.6 is 0 Å². The second kappa shape index (κ2) is 9.58. The monoisotopic (exact) mass is 446 g/mol. The van der Waals surface area contributed by atoms with Gasteiger partial charge < -0.3 is 15.4 Å². The number of aromatic nitrogens is 3. The van der Waals surface area contributed by atoms with Crippen LogP contribution in [-0.4, -0.2) is 42.0 Å². The number of ether oxygens (including phenoxy) is 1. The van der Waals surface area contributed by atoms with Gasteiger partial charge in [-0.15, -0.1) is 0 Å². The predicted octanol–water partition coefficient (Wildman–Crippen LogP) is 3.82. The molecule has 33 heavy (non-hydrogen) atoms. The number of H-pyrrole nitrogens is 1. The van der Waals surface area contributed by atoms with E-state index in [0.717, 1.165) is 54.6 Å². The van der Waals surface area contributed by atoms with Crippen LogP contribution < -0.4 is 10.3 Å². The Morgan fingerprint density at radius 3 is 2.55 bits per heavy atom. The number of rotatable bonds is 8. The SMILES string of the molecule is CCCCc1[nH]c2c(N)nc3cc(C(=O)OC)ccc3c2[n+]1Cc1ccc(CN(C)C)cc1. The van der Waals surface area contributed by atoms with E-state index in [2.05, 4.69) is 64.7 Å². The molecule has 4 aromatic rings. The molecule has 172 valence electrons. The van der Waals surface area contributed by atoms with Crippen molar-refractivity contribution in [3.8, 4) is 0 Å². The zero-order chi connectivity index (χ0) is 23.5. The normalized spacial score (nSPS) is 11.5. The number of imidazole rings is 1. The minimum Gasteiger partial charge on any atom is -0.465 e. The van der Waals surface area contributed by atoms with Crippen molar-refractivity contribution < 1.29 is 14.1 Å². The third kappa shape index (κ3) is 4.68. The molecule has 0 saturated carbocycles. The van der Waals surface area contributed by atoms with E-state index >= 15 is 0 Å². The van der Waals surface area contributed by atoms with Crippen LogP contribution in [0.1, 0.15) is 47.1 Å². The molecule has 0 saturated heterocycles. The summed E-state index contributed by atoms with van der Waals surface area (Å²) in [6.07, 6.45) is 3.10. The number of nitrogen functional groups attached to an aromatic ring is 1. The number of carbonyl (C=O) groups excluding carboxylic acids is 1. The van der Waals surface area contributed by atoms with Crippen molar-refractivity contribution in [1.29, 1.82) is 0 Å². The first-order valence-electron chi connectivity index (χ1n) is 11.4. The van der Waals surface area contributed by atoms with E-state index in [9.17, 15) is 4.79 Å². The van der Waals surface area contributed by atoms with Crippen LogP contribution in [0.25, 0.3) is 21.9 Å². The van der Waals surface area contributed by atoms with Gasteiger partial charge in [-0.05, 0) is 49.8 Å². The number of fused-ring (bicyclic) bond motifs is 3. The molecule has 0 radical (unpaired) electrons. The Balaban J connectivity index is 1.85. The number of benzene rings is 2. The summed E-state index contributed by atoms with van der Waals surface area (Å²) in [7, 11) is 5.53. The molecule has 0 amide bonds. The summed E-state index contributed by atoms with van der Waals surface area (Å²) in [6.45, 7) is 3.83. The van der Waals surface area contributed by atoms with Gasteiger partial charge in [0.2, 0.25) is 5.52 Å². The second-order valence-corrected chi connectivity index (χ2v) is 8.76. The number of hydrogen-bond acceptors (Lipinski definition) is 5. The molecule has 3 N–H and O–H groups in total. The molecule has 7 heteroatoms. The Labute approximate surface area is 194 Å². The van der Waals surface area contributed by atoms with Crippen molar-refractivity contribution in [2.24, 2.45) is 0 Å². The molecule has 0 aliphatic heterocycles. The third-order valence-electron chi connectivity index (χ3n) is 5.90. The summed E-state index contributed by atoms with van der Waals surface area (Å²) in [5, 5.41) is 0.954. The lowest BCUT2D eigenvalue weighted by Gasteiger charge is -2.10. The van der Waals surface area contributed by atoms with Gasteiger partial charge in [-0.25, -0.2) is 19.3 Å². The maximum atomic E-state index is 12.0. The highest BCUT2D eigenvalue weighted by molar-refractivity contribution is 6.06. The average Bonchev–Trinajstić information content (AvgIpc) is 3.16. The van der Waals surface area contributed by atoms with E-state index in [1.165, 1.54) is 18.2 Å². The lowest BCUT2D eigenvalue weighted by atomic mass is 10.1. The first-order valence-corrected chi connectivity index (χ1v) is 11.4. The molecule has 0 bridgehead atoms. The number of aromatic amines is 1. The number of nitrogens with zero attached hydrogens (tertiary/aromatic N) is 3. The standard InChI is InChI=1S/C26H31N5O2/c1-5-6-7-22-29-23-24(31(22)16-18-10-8-17(9-11-18)15-30(2)3)20-13-12-19(26(32)33-4)14-21(20)28-25(23)27/h8-14H,5-7,15-16H2,1-4H3,(H2,27,28)/p+1. The smallest absolute Gasteiger partial charge is 0.337 e. The lowest BCUT2D eigenvalue weighted by molar-refractivity contribution is -0.669. The number of esters is 1. The Morgan fingerprint density at radius 2 is 1.88 bits per heavy atom. The van der Waals surface area contributed by atoms with E-state index in [1.807, 2.05) is 6.07 Å². The molecule has 0 spiro atoms. The summed E-state index contributed by atoms with van der Waals surface area (Å²) >= 11 is 0. The van der Waals surface area contributed by atoms with Crippen molar-refractivity contribution in [2.45, 2.75) is 39.3 Å². The zero-order valence-electron chi connectivity index (χ0n) is 19.8. The molecular weight excluding hydrogens is 414 g/mol. The zero-order valence-corrected chi connectivity index (χ0v) is 19.8. The highest BCUT2D eigenvalue weighted by Gasteiger charge is 2.24. The fourth-order valence-corrected chi connectivity index (χ4v) is 4.28. The molecule has 0 fully saturated rings. The van der Waals surface area contributed by atoms with Crippen LogP contribution in [0.5, 0.6) is 0 Å². The number of hydrogen-bond donors (Lipinski definition) is 2. The van der Waals surface area contributed by atoms with Crippen LogP contribution in [-0.2, 0) is 24.2 Å². The lowest BCUT2D eigenvalue weighted by Crippen LogP contribution is -2.38. The molecule has 0 atom stereocenters. The van der Waals surface area contributed by atoms with E-state index < -0.39 is 0 Å². The Kier molecular flexibility index (Phi) is 6.60. The van der Waals surface area contributed by atoms with Gasteiger partial charge in [-0.2, -0.15) is 0 Å². The first kappa shape index (κ1) is 22.7. The van der Waals surface area contributed by atoms with Gasteiger partial charge in [-0.1, -0.05) is 37.6 Å². The number of nitrogens with one attached hydrogen (secondary N) is 1. The van der Waals surface area contributed by atoms with Gasteiger partial charge in [0.25, 0.3) is 5.82 Å². The van der Waals surface area contributed by atoms with E-state index in [1.54, 1.807) is 12.1 Å². The molecule has 7 nitrogen and oxygen atoms in total. The number of unbranched alkanes of at least 4 members (excludes halogenated alkanes) is 1. The fraction of sp³-hybridized carbons (Fsp3) is 0.346. The molecule has 0 aliphatic rings. The van der Waals surface area contributed by atoms with Gasteiger partial charge in [0.15, 0.2) is 11.3 Å². The first-order chi connectivity index (χ1) is 15.9. The average molecular weight is 447 g/mol. The summed E-state index contributed by atoms with van der Waals surface area (Å²) < 4.78 is 7.18. The van der Waals surface area contributed by atoms with Gasteiger partial charge >= 0.3 is 5.97 Å². The van der Waals surface area contributed by atoms with Crippen LogP contribution in [0.2, 0.25) is 0 Å². The Hall–Kier alpha value is -3.45. The molecule has 2 heterocycles. The summed E-state index contributed by atoms with van der Waals surface area (Å²) in [5.74, 6) is 1.17. The number of carbonyl (C=O) groups is 1. The number of aryl methyl sites for hydroxylation is 1. The number of pyridine rings is 1. The molecule has 2 aromatic heterocycles. The summed E-state index contributed by atoms with van der Waals surface area (Å²) in [4.78, 5) is 22.3. The van der Waals surface area contributed by atoms with Crippen LogP contribution in [0.4, 0.5) is 5.82 Å². The topological polar surface area (TPSA) is 88.1 Å². The second-order valence-electron chi connectivity index (χ2n) is 8.76. The Bertz CT molecular complexity index is 1290. The largest absolute Gasteiger partial charge is 0.465 e. The molecular formula is C26H32N5O2+. The quantitative estimate of drug-likeness (QED) is 0.317. The summed E-state index contributed by atoms with van der Waals surface area (Å²) in [5.41, 5.74) is 11.9. The van der Waals surface area contributed by atoms with Gasteiger partial charge in [0.1, 0.15) is 6.54 Å².